The Bertz CT molecular complexity index is 1020. The van der Waals surface area contributed by atoms with E-state index in [2.05, 4.69) is 55.2 Å². The quantitative estimate of drug-likeness (QED) is 0.566. The molecule has 0 bridgehead atoms. The molecule has 1 aromatic heterocycles. The fourth-order valence-corrected chi connectivity index (χ4v) is 3.84. The highest BCUT2D eigenvalue weighted by atomic mass is 35.5. The molecule has 0 radical (unpaired) electrons. The van der Waals surface area contributed by atoms with Crippen molar-refractivity contribution in [2.75, 3.05) is 0 Å². The molecule has 1 saturated heterocycles. The summed E-state index contributed by atoms with van der Waals surface area (Å²) in [4.78, 5) is 18.9. The molecule has 0 aliphatic carbocycles. The first-order valence-electron chi connectivity index (χ1n) is 9.80. The summed E-state index contributed by atoms with van der Waals surface area (Å²) >= 11 is 6.25. The maximum Gasteiger partial charge on any atom is 0.249 e. The van der Waals surface area contributed by atoms with Gasteiger partial charge in [0.25, 0.3) is 0 Å². The number of nitrogens with zero attached hydrogens (tertiary/aromatic N) is 3. The van der Waals surface area contributed by atoms with Gasteiger partial charge >= 0.3 is 0 Å². The van der Waals surface area contributed by atoms with Crippen LogP contribution in [0.2, 0.25) is 5.02 Å². The Morgan fingerprint density at radius 3 is 2.55 bits per heavy atom. The molecule has 1 fully saturated rings. The van der Waals surface area contributed by atoms with E-state index in [9.17, 15) is 4.79 Å². The van der Waals surface area contributed by atoms with Gasteiger partial charge in [0.2, 0.25) is 17.6 Å². The average molecular weight is 410 g/mol. The third kappa shape index (κ3) is 4.06. The highest BCUT2D eigenvalue weighted by Crippen LogP contribution is 2.35. The van der Waals surface area contributed by atoms with Gasteiger partial charge in [-0.15, -0.1) is 0 Å². The molecule has 3 aromatic rings. The number of rotatable bonds is 4. The molecule has 1 unspecified atom stereocenters. The smallest absolute Gasteiger partial charge is 0.249 e. The van der Waals surface area contributed by atoms with Crippen LogP contribution in [0.25, 0.3) is 11.4 Å². The first kappa shape index (κ1) is 19.6. The molecule has 1 atom stereocenters. The number of hydrogen-bond donors (Lipinski definition) is 0. The minimum atomic E-state index is -0.214. The van der Waals surface area contributed by atoms with Crippen molar-refractivity contribution in [3.8, 4) is 11.4 Å². The highest BCUT2D eigenvalue weighted by molar-refractivity contribution is 6.33. The Hall–Kier alpha value is -2.66. The zero-order chi connectivity index (χ0) is 20.6. The SMILES string of the molecule is CC(C)(C)c1ccc(CN2C(=O)CCC2c2nc(-c3ccccc3Cl)no2)cc1. The van der Waals surface area contributed by atoms with Crippen LogP contribution in [0.3, 0.4) is 0 Å². The van der Waals surface area contributed by atoms with E-state index in [4.69, 9.17) is 16.1 Å². The van der Waals surface area contributed by atoms with Crippen LogP contribution in [0.4, 0.5) is 0 Å². The normalized spacial score (nSPS) is 17.2. The summed E-state index contributed by atoms with van der Waals surface area (Å²) < 4.78 is 5.52. The van der Waals surface area contributed by atoms with Gasteiger partial charge in [0.05, 0.1) is 5.02 Å². The van der Waals surface area contributed by atoms with E-state index >= 15 is 0 Å². The number of carbonyl (C=O) groups excluding carboxylic acids is 1. The molecule has 0 saturated carbocycles. The van der Waals surface area contributed by atoms with Crippen molar-refractivity contribution < 1.29 is 9.32 Å². The lowest BCUT2D eigenvalue weighted by atomic mass is 9.87. The van der Waals surface area contributed by atoms with Gasteiger partial charge in [-0.2, -0.15) is 4.98 Å². The first-order chi connectivity index (χ1) is 13.8. The van der Waals surface area contributed by atoms with E-state index < -0.39 is 0 Å². The van der Waals surface area contributed by atoms with Crippen LogP contribution in [0, 0.1) is 0 Å². The van der Waals surface area contributed by atoms with Crippen molar-refractivity contribution in [2.24, 2.45) is 0 Å². The molecule has 2 heterocycles. The van der Waals surface area contributed by atoms with Crippen LogP contribution in [-0.2, 0) is 16.8 Å². The largest absolute Gasteiger partial charge is 0.337 e. The molecule has 0 N–H and O–H groups in total. The molecule has 5 nitrogen and oxygen atoms in total. The third-order valence-corrected chi connectivity index (χ3v) is 5.67. The van der Waals surface area contributed by atoms with E-state index in [1.54, 1.807) is 6.07 Å². The zero-order valence-corrected chi connectivity index (χ0v) is 17.6. The number of likely N-dealkylation sites (tertiary alicyclic amines) is 1. The maximum absolute atomic E-state index is 12.5. The first-order valence-corrected chi connectivity index (χ1v) is 10.2. The lowest BCUT2D eigenvalue weighted by Gasteiger charge is -2.23. The Kier molecular flexibility index (Phi) is 5.17. The van der Waals surface area contributed by atoms with E-state index in [1.807, 2.05) is 23.1 Å². The van der Waals surface area contributed by atoms with Crippen molar-refractivity contribution in [2.45, 2.75) is 51.6 Å². The second kappa shape index (κ2) is 7.64. The fraction of sp³-hybridized carbons (Fsp3) is 0.348. The van der Waals surface area contributed by atoms with Crippen molar-refractivity contribution in [3.05, 3.63) is 70.6 Å². The average Bonchev–Trinajstić information content (AvgIpc) is 3.29. The molecule has 29 heavy (non-hydrogen) atoms. The number of hydrogen-bond acceptors (Lipinski definition) is 4. The van der Waals surface area contributed by atoms with Gasteiger partial charge in [-0.25, -0.2) is 0 Å². The summed E-state index contributed by atoms with van der Waals surface area (Å²) in [6.07, 6.45) is 1.15. The van der Waals surface area contributed by atoms with Gasteiger partial charge in [-0.3, -0.25) is 4.79 Å². The Morgan fingerprint density at radius 2 is 1.86 bits per heavy atom. The number of benzene rings is 2. The van der Waals surface area contributed by atoms with Crippen LogP contribution in [0.5, 0.6) is 0 Å². The Balaban J connectivity index is 1.55. The van der Waals surface area contributed by atoms with Crippen molar-refractivity contribution in [3.63, 3.8) is 0 Å². The fourth-order valence-electron chi connectivity index (χ4n) is 3.62. The van der Waals surface area contributed by atoms with Gasteiger partial charge < -0.3 is 9.42 Å². The van der Waals surface area contributed by atoms with Crippen molar-refractivity contribution in [1.29, 1.82) is 0 Å². The Morgan fingerprint density at radius 1 is 1.14 bits per heavy atom. The molecule has 4 rings (SSSR count). The molecule has 6 heteroatoms. The number of carbonyl (C=O) groups is 1. The van der Waals surface area contributed by atoms with Crippen LogP contribution in [0.15, 0.2) is 53.1 Å². The maximum atomic E-state index is 12.5. The zero-order valence-electron chi connectivity index (χ0n) is 16.9. The summed E-state index contributed by atoms with van der Waals surface area (Å²) in [6, 6.07) is 15.6. The standard InChI is InChI=1S/C23H24ClN3O2/c1-23(2,3)16-10-8-15(9-11-16)14-27-19(12-13-20(27)28)22-25-21(26-29-22)17-6-4-5-7-18(17)24/h4-11,19H,12-14H2,1-3H3. The second-order valence-corrected chi connectivity index (χ2v) is 8.87. The van der Waals surface area contributed by atoms with Gasteiger partial charge in [0.1, 0.15) is 6.04 Å². The van der Waals surface area contributed by atoms with Crippen LogP contribution in [0.1, 0.15) is 56.7 Å². The van der Waals surface area contributed by atoms with E-state index in [0.29, 0.717) is 36.1 Å². The van der Waals surface area contributed by atoms with Gasteiger partial charge in [0.15, 0.2) is 0 Å². The van der Waals surface area contributed by atoms with Crippen LogP contribution >= 0.6 is 11.6 Å². The topological polar surface area (TPSA) is 59.2 Å². The van der Waals surface area contributed by atoms with Crippen molar-refractivity contribution in [1.82, 2.24) is 15.0 Å². The summed E-state index contributed by atoms with van der Waals surface area (Å²) in [7, 11) is 0. The number of amides is 1. The predicted molar refractivity (Wildman–Crippen MR) is 112 cm³/mol. The molecule has 1 aliphatic rings. The van der Waals surface area contributed by atoms with Gasteiger partial charge in [-0.05, 0) is 35.1 Å². The van der Waals surface area contributed by atoms with E-state index in [-0.39, 0.29) is 17.4 Å². The minimum absolute atomic E-state index is 0.101. The van der Waals surface area contributed by atoms with Gasteiger partial charge in [0, 0.05) is 18.5 Å². The molecule has 2 aromatic carbocycles. The van der Waals surface area contributed by atoms with Crippen LogP contribution in [-0.4, -0.2) is 20.9 Å². The summed E-state index contributed by atoms with van der Waals surface area (Å²) in [5, 5.41) is 4.66. The lowest BCUT2D eigenvalue weighted by molar-refractivity contribution is -0.129. The Labute approximate surface area is 175 Å². The monoisotopic (exact) mass is 409 g/mol. The molecule has 0 spiro atoms. The lowest BCUT2D eigenvalue weighted by Crippen LogP contribution is -2.27. The molecule has 1 aliphatic heterocycles. The molecular formula is C23H24ClN3O2. The molecule has 1 amide bonds. The summed E-state index contributed by atoms with van der Waals surface area (Å²) in [6.45, 7) is 7.09. The second-order valence-electron chi connectivity index (χ2n) is 8.46. The highest BCUT2D eigenvalue weighted by Gasteiger charge is 2.36. The van der Waals surface area contributed by atoms with Gasteiger partial charge in [-0.1, -0.05) is 73.9 Å². The minimum Gasteiger partial charge on any atom is -0.337 e. The summed E-state index contributed by atoms with van der Waals surface area (Å²) in [5.41, 5.74) is 3.18. The summed E-state index contributed by atoms with van der Waals surface area (Å²) in [5.74, 6) is 1.00. The number of halogens is 1. The number of aromatic nitrogens is 2. The predicted octanol–water partition coefficient (Wildman–Crippen LogP) is 5.55. The van der Waals surface area contributed by atoms with Crippen molar-refractivity contribution >= 4 is 17.5 Å². The van der Waals surface area contributed by atoms with Crippen LogP contribution < -0.4 is 0 Å². The van der Waals surface area contributed by atoms with E-state index in [0.717, 1.165) is 11.1 Å². The molecule has 150 valence electrons. The van der Waals surface area contributed by atoms with E-state index in [1.165, 1.54) is 5.56 Å². The third-order valence-electron chi connectivity index (χ3n) is 5.34. The molecular weight excluding hydrogens is 386 g/mol.